The lowest BCUT2D eigenvalue weighted by atomic mass is 9.82. The van der Waals surface area contributed by atoms with Gasteiger partial charge in [-0.15, -0.1) is 0 Å². The maximum atomic E-state index is 12.1. The number of ether oxygens (including phenoxy) is 1. The number of esters is 1. The van der Waals surface area contributed by atoms with Gasteiger partial charge in [0.1, 0.15) is 12.0 Å². The van der Waals surface area contributed by atoms with Crippen molar-refractivity contribution < 1.29 is 9.53 Å². The van der Waals surface area contributed by atoms with Crippen LogP contribution in [0.1, 0.15) is 59.8 Å². The monoisotopic (exact) mass is 434 g/mol. The molecule has 1 atom stereocenters. The first-order valence-corrected chi connectivity index (χ1v) is 11.1. The number of fused-ring (bicyclic) bond motifs is 1. The van der Waals surface area contributed by atoms with Crippen molar-refractivity contribution in [2.75, 3.05) is 0 Å². The van der Waals surface area contributed by atoms with Crippen molar-refractivity contribution in [1.29, 1.82) is 5.26 Å². The number of rotatable bonds is 6. The third-order valence-electron chi connectivity index (χ3n) is 6.55. The molecule has 0 N–H and O–H groups in total. The number of nitrogens with zero attached hydrogens (tertiary/aromatic N) is 6. The third kappa shape index (κ3) is 3.99. The largest absolute Gasteiger partial charge is 0.443 e. The Morgan fingerprint density at radius 3 is 2.69 bits per heavy atom. The summed E-state index contributed by atoms with van der Waals surface area (Å²) >= 11 is 0. The number of nitriles is 1. The molecule has 32 heavy (non-hydrogen) atoms. The van der Waals surface area contributed by atoms with Crippen LogP contribution >= 0.6 is 0 Å². The van der Waals surface area contributed by atoms with Crippen LogP contribution in [0.3, 0.4) is 0 Å². The molecule has 0 aliphatic heterocycles. The van der Waals surface area contributed by atoms with Gasteiger partial charge in [-0.3, -0.25) is 14.0 Å². The summed E-state index contributed by atoms with van der Waals surface area (Å²) in [6.45, 7) is 7.71. The normalized spacial score (nSPS) is 16.7. The number of carbonyl (C=O) groups is 1. The Morgan fingerprint density at radius 1 is 1.25 bits per heavy atom. The van der Waals surface area contributed by atoms with E-state index in [1.54, 1.807) is 4.57 Å². The van der Waals surface area contributed by atoms with Gasteiger partial charge in [-0.25, -0.2) is 9.97 Å². The zero-order chi connectivity index (χ0) is 22.9. The van der Waals surface area contributed by atoms with Gasteiger partial charge in [-0.2, -0.15) is 10.4 Å². The second kappa shape index (κ2) is 8.38. The molecule has 3 aromatic heterocycles. The fourth-order valence-electron chi connectivity index (χ4n) is 4.53. The average molecular weight is 435 g/mol. The van der Waals surface area contributed by atoms with Crippen LogP contribution in [0.25, 0.3) is 22.3 Å². The zero-order valence-corrected chi connectivity index (χ0v) is 19.2. The molecule has 0 aromatic carbocycles. The Morgan fingerprint density at radius 2 is 2.00 bits per heavy atom. The third-order valence-corrected chi connectivity index (χ3v) is 6.55. The first-order chi connectivity index (χ1) is 15.2. The second-order valence-electron chi connectivity index (χ2n) is 9.90. The van der Waals surface area contributed by atoms with Crippen molar-refractivity contribution in [3.63, 3.8) is 0 Å². The lowest BCUT2D eigenvalue weighted by molar-refractivity contribution is -0.156. The highest BCUT2D eigenvalue weighted by Crippen LogP contribution is 2.41. The fraction of sp³-hybridized carbons (Fsp3) is 0.542. The summed E-state index contributed by atoms with van der Waals surface area (Å²) in [5, 5.41) is 15.0. The lowest BCUT2D eigenvalue weighted by Gasteiger charge is -2.34. The van der Waals surface area contributed by atoms with Crippen molar-refractivity contribution >= 4 is 17.0 Å². The van der Waals surface area contributed by atoms with E-state index < -0.39 is 5.41 Å². The molecule has 1 aliphatic carbocycles. The van der Waals surface area contributed by atoms with Crippen LogP contribution in [0, 0.1) is 22.7 Å². The van der Waals surface area contributed by atoms with Gasteiger partial charge in [-0.05, 0) is 52.5 Å². The molecule has 3 aromatic rings. The molecular weight excluding hydrogens is 404 g/mol. The number of carbonyl (C=O) groups excluding carboxylic acids is 1. The molecule has 1 unspecified atom stereocenters. The van der Waals surface area contributed by atoms with E-state index in [2.05, 4.69) is 28.1 Å². The average Bonchev–Trinajstić information content (AvgIpc) is 3.52. The fourth-order valence-corrected chi connectivity index (χ4v) is 4.53. The van der Waals surface area contributed by atoms with E-state index in [0.717, 1.165) is 29.5 Å². The Hall–Kier alpha value is -3.21. The van der Waals surface area contributed by atoms with Crippen molar-refractivity contribution in [2.24, 2.45) is 11.3 Å². The van der Waals surface area contributed by atoms with Crippen LogP contribution in [0.4, 0.5) is 0 Å². The van der Waals surface area contributed by atoms with Crippen molar-refractivity contribution in [3.05, 3.63) is 31.0 Å². The maximum Gasteiger partial charge on any atom is 0.312 e. The number of hydrogen-bond donors (Lipinski definition) is 0. The number of aromatic nitrogens is 5. The molecule has 0 saturated heterocycles. The molecule has 3 heterocycles. The Balaban J connectivity index is 1.64. The Kier molecular flexibility index (Phi) is 5.76. The summed E-state index contributed by atoms with van der Waals surface area (Å²) in [5.41, 5.74) is 1.45. The molecule has 4 rings (SSSR count). The molecule has 0 radical (unpaired) electrons. The zero-order valence-electron chi connectivity index (χ0n) is 19.2. The summed E-state index contributed by atoms with van der Waals surface area (Å²) < 4.78 is 9.21. The Bertz CT molecular complexity index is 1160. The van der Waals surface area contributed by atoms with Gasteiger partial charge in [0, 0.05) is 23.3 Å². The highest BCUT2D eigenvalue weighted by atomic mass is 16.5. The molecular formula is C24H30N6O2. The van der Waals surface area contributed by atoms with Gasteiger partial charge >= 0.3 is 5.97 Å². The van der Waals surface area contributed by atoms with Crippen molar-refractivity contribution in [1.82, 2.24) is 24.3 Å². The van der Waals surface area contributed by atoms with Gasteiger partial charge in [0.25, 0.3) is 0 Å². The molecule has 1 fully saturated rings. The molecule has 1 saturated carbocycles. The summed E-state index contributed by atoms with van der Waals surface area (Å²) in [6, 6.07) is 4.30. The first-order valence-electron chi connectivity index (χ1n) is 11.1. The predicted octanol–water partition coefficient (Wildman–Crippen LogP) is 4.66. The van der Waals surface area contributed by atoms with E-state index in [1.807, 2.05) is 50.1 Å². The molecule has 8 nitrogen and oxygen atoms in total. The van der Waals surface area contributed by atoms with Crippen LogP contribution in [0.5, 0.6) is 0 Å². The van der Waals surface area contributed by atoms with Crippen LogP contribution < -0.4 is 0 Å². The summed E-state index contributed by atoms with van der Waals surface area (Å²) in [4.78, 5) is 21.1. The van der Waals surface area contributed by atoms with Crippen LogP contribution in [0.15, 0.2) is 31.0 Å². The highest BCUT2D eigenvalue weighted by Gasteiger charge is 2.38. The minimum atomic E-state index is -0.562. The van der Waals surface area contributed by atoms with Gasteiger partial charge in [-0.1, -0.05) is 12.8 Å². The summed E-state index contributed by atoms with van der Waals surface area (Å²) in [5.74, 6) is 0.178. The molecule has 168 valence electrons. The standard InChI is InChI=1S/C24H30N6O2/c1-23(2,3)22(31)32-16-29-12-9-19-20(26-15-27-21(19)29)17-13-28-30(14-17)24(4,10-11-25)18-7-5-6-8-18/h9,12-15,18H,5-8,10,16H2,1-4H3. The van der Waals surface area contributed by atoms with E-state index in [0.29, 0.717) is 18.0 Å². The van der Waals surface area contributed by atoms with Gasteiger partial charge in [0.05, 0.1) is 35.3 Å². The molecule has 1 aliphatic rings. The maximum absolute atomic E-state index is 12.1. The smallest absolute Gasteiger partial charge is 0.312 e. The first kappa shape index (κ1) is 22.0. The Labute approximate surface area is 188 Å². The van der Waals surface area contributed by atoms with Gasteiger partial charge < -0.3 is 4.74 Å². The SMILES string of the molecule is CC(C)(C)C(=O)OCn1ccc2c(-c3cnn(C(C)(CC#N)C4CCCC4)c3)ncnc21. The minimum absolute atomic E-state index is 0.0945. The van der Waals surface area contributed by atoms with E-state index in [4.69, 9.17) is 4.74 Å². The topological polar surface area (TPSA) is 98.6 Å². The van der Waals surface area contributed by atoms with Crippen LogP contribution in [-0.4, -0.2) is 30.3 Å². The van der Waals surface area contributed by atoms with Gasteiger partial charge in [0.2, 0.25) is 0 Å². The van der Waals surface area contributed by atoms with Crippen molar-refractivity contribution in [2.45, 2.75) is 72.1 Å². The quantitative estimate of drug-likeness (QED) is 0.523. The van der Waals surface area contributed by atoms with Crippen molar-refractivity contribution in [3.8, 4) is 17.3 Å². The summed E-state index contributed by atoms with van der Waals surface area (Å²) in [7, 11) is 0. The van der Waals surface area contributed by atoms with E-state index >= 15 is 0 Å². The highest BCUT2D eigenvalue weighted by molar-refractivity contribution is 5.90. The lowest BCUT2D eigenvalue weighted by Crippen LogP contribution is -2.37. The minimum Gasteiger partial charge on any atom is -0.443 e. The van der Waals surface area contributed by atoms with Gasteiger partial charge in [0.15, 0.2) is 6.73 Å². The molecule has 0 bridgehead atoms. The molecule has 0 amide bonds. The summed E-state index contributed by atoms with van der Waals surface area (Å²) in [6.07, 6.45) is 12.3. The van der Waals surface area contributed by atoms with Crippen LogP contribution in [-0.2, 0) is 21.8 Å². The van der Waals surface area contributed by atoms with Crippen LogP contribution in [0.2, 0.25) is 0 Å². The van der Waals surface area contributed by atoms with E-state index in [9.17, 15) is 10.1 Å². The molecule has 8 heteroatoms. The molecule has 0 spiro atoms. The van der Waals surface area contributed by atoms with E-state index in [-0.39, 0.29) is 18.2 Å². The van der Waals surface area contributed by atoms with E-state index in [1.165, 1.54) is 19.2 Å². The predicted molar refractivity (Wildman–Crippen MR) is 120 cm³/mol. The second-order valence-corrected chi connectivity index (χ2v) is 9.90. The number of hydrogen-bond acceptors (Lipinski definition) is 6.